The number of pyridine rings is 2. The van der Waals surface area contributed by atoms with Gasteiger partial charge in [0.2, 0.25) is 5.88 Å². The van der Waals surface area contributed by atoms with E-state index >= 15 is 0 Å². The Balaban J connectivity index is 1.60. The van der Waals surface area contributed by atoms with Crippen molar-refractivity contribution in [3.63, 3.8) is 0 Å². The molecule has 3 aromatic rings. The van der Waals surface area contributed by atoms with Crippen LogP contribution in [0, 0.1) is 26.6 Å². The third kappa shape index (κ3) is 4.05. The van der Waals surface area contributed by atoms with Crippen molar-refractivity contribution >= 4 is 11.7 Å². The standard InChI is InChI=1S/C22H23FN6O2/c1-13-6-5-7-20(29-22(30)28(4)26-27-29)18(13)12-31-21-14(2)10-17(15(3)25-21)19-9-8-16(23)11-24-19/h5-11,26-27H,12H2,1-4H3. The molecule has 1 aliphatic heterocycles. The number of benzene rings is 1. The van der Waals surface area contributed by atoms with Gasteiger partial charge < -0.3 is 4.74 Å². The second-order valence-electron chi connectivity index (χ2n) is 7.37. The molecule has 0 bridgehead atoms. The van der Waals surface area contributed by atoms with Crippen molar-refractivity contribution in [1.82, 2.24) is 26.0 Å². The zero-order valence-electron chi connectivity index (χ0n) is 17.7. The van der Waals surface area contributed by atoms with Gasteiger partial charge in [-0.1, -0.05) is 12.1 Å². The molecule has 160 valence electrons. The Morgan fingerprint density at radius 3 is 2.58 bits per heavy atom. The molecule has 0 saturated carbocycles. The maximum atomic E-state index is 13.2. The van der Waals surface area contributed by atoms with E-state index in [1.165, 1.54) is 22.3 Å². The predicted octanol–water partition coefficient (Wildman–Crippen LogP) is 3.58. The number of carbonyl (C=O) groups excluding carboxylic acids is 1. The Morgan fingerprint density at radius 1 is 1.10 bits per heavy atom. The SMILES string of the molecule is Cc1cc(-c2ccc(F)cn2)c(C)nc1OCc1c(C)cccc1N1NNN(C)C1=O. The van der Waals surface area contributed by atoms with Crippen molar-refractivity contribution in [3.05, 3.63) is 70.8 Å². The minimum atomic E-state index is -0.382. The Labute approximate surface area is 179 Å². The van der Waals surface area contributed by atoms with Gasteiger partial charge in [-0.3, -0.25) is 4.98 Å². The van der Waals surface area contributed by atoms with Gasteiger partial charge in [-0.2, -0.15) is 0 Å². The van der Waals surface area contributed by atoms with E-state index in [2.05, 4.69) is 21.0 Å². The lowest BCUT2D eigenvalue weighted by molar-refractivity contribution is 0.214. The number of carbonyl (C=O) groups is 1. The number of aromatic nitrogens is 2. The molecule has 0 radical (unpaired) electrons. The molecule has 1 aliphatic rings. The lowest BCUT2D eigenvalue weighted by atomic mass is 10.1. The zero-order valence-corrected chi connectivity index (χ0v) is 17.7. The minimum absolute atomic E-state index is 0.229. The van der Waals surface area contributed by atoms with Crippen LogP contribution in [0.1, 0.15) is 22.4 Å². The average Bonchev–Trinajstić information content (AvgIpc) is 3.08. The Bertz CT molecular complexity index is 1140. The number of hydrazine groups is 3. The predicted molar refractivity (Wildman–Crippen MR) is 114 cm³/mol. The first kappa shape index (κ1) is 20.7. The maximum Gasteiger partial charge on any atom is 0.355 e. The molecule has 0 spiro atoms. The topological polar surface area (TPSA) is 82.6 Å². The van der Waals surface area contributed by atoms with Gasteiger partial charge in [-0.05, 0) is 50.6 Å². The van der Waals surface area contributed by atoms with Gasteiger partial charge in [-0.15, -0.1) is 11.1 Å². The molecule has 3 heterocycles. The summed E-state index contributed by atoms with van der Waals surface area (Å²) in [5, 5.41) is 2.78. The molecule has 0 unspecified atom stereocenters. The number of ether oxygens (including phenoxy) is 1. The second-order valence-corrected chi connectivity index (χ2v) is 7.37. The quantitative estimate of drug-likeness (QED) is 0.654. The minimum Gasteiger partial charge on any atom is -0.473 e. The highest BCUT2D eigenvalue weighted by Crippen LogP contribution is 2.29. The van der Waals surface area contributed by atoms with Gasteiger partial charge in [0.1, 0.15) is 12.4 Å². The number of nitrogens with one attached hydrogen (secondary N) is 2. The molecule has 1 fully saturated rings. The van der Waals surface area contributed by atoms with Crippen molar-refractivity contribution in [2.75, 3.05) is 12.1 Å². The molecule has 0 atom stereocenters. The summed E-state index contributed by atoms with van der Waals surface area (Å²) in [7, 11) is 1.63. The molecule has 2 N–H and O–H groups in total. The second kappa shape index (κ2) is 8.29. The van der Waals surface area contributed by atoms with E-state index in [1.807, 2.05) is 45.0 Å². The summed E-state index contributed by atoms with van der Waals surface area (Å²) < 4.78 is 19.3. The Kier molecular flexibility index (Phi) is 5.53. The Hall–Kier alpha value is -3.56. The fourth-order valence-corrected chi connectivity index (χ4v) is 3.38. The van der Waals surface area contributed by atoms with Gasteiger partial charge in [0, 0.05) is 23.7 Å². The molecule has 9 heteroatoms. The Morgan fingerprint density at radius 2 is 1.90 bits per heavy atom. The number of hydrogen-bond acceptors (Lipinski definition) is 6. The van der Waals surface area contributed by atoms with E-state index in [0.29, 0.717) is 17.3 Å². The summed E-state index contributed by atoms with van der Waals surface area (Å²) in [6, 6.07) is 10.4. The van der Waals surface area contributed by atoms with Crippen LogP contribution in [0.2, 0.25) is 0 Å². The van der Waals surface area contributed by atoms with Crippen LogP contribution in [0.25, 0.3) is 11.3 Å². The summed E-state index contributed by atoms with van der Waals surface area (Å²) >= 11 is 0. The van der Waals surface area contributed by atoms with Crippen LogP contribution in [-0.4, -0.2) is 28.1 Å². The van der Waals surface area contributed by atoms with Crippen molar-refractivity contribution in [1.29, 1.82) is 0 Å². The summed E-state index contributed by atoms with van der Waals surface area (Å²) in [6.07, 6.45) is 1.19. The third-order valence-electron chi connectivity index (χ3n) is 5.15. The number of amides is 2. The van der Waals surface area contributed by atoms with Crippen molar-refractivity contribution in [3.8, 4) is 17.1 Å². The van der Waals surface area contributed by atoms with Crippen LogP contribution in [0.3, 0.4) is 0 Å². The van der Waals surface area contributed by atoms with Crippen molar-refractivity contribution in [2.24, 2.45) is 0 Å². The number of hydrogen-bond donors (Lipinski definition) is 2. The molecule has 1 aromatic carbocycles. The zero-order chi connectivity index (χ0) is 22.1. The number of rotatable bonds is 5. The lowest BCUT2D eigenvalue weighted by Gasteiger charge is -2.20. The first-order chi connectivity index (χ1) is 14.8. The van der Waals surface area contributed by atoms with E-state index in [1.54, 1.807) is 13.1 Å². The largest absolute Gasteiger partial charge is 0.473 e. The van der Waals surface area contributed by atoms with Crippen LogP contribution in [0.5, 0.6) is 5.88 Å². The molecule has 1 saturated heterocycles. The molecule has 0 aliphatic carbocycles. The van der Waals surface area contributed by atoms with Crippen LogP contribution in [0.15, 0.2) is 42.6 Å². The first-order valence-corrected chi connectivity index (χ1v) is 9.75. The van der Waals surface area contributed by atoms with Gasteiger partial charge in [0.25, 0.3) is 0 Å². The van der Waals surface area contributed by atoms with Crippen molar-refractivity contribution in [2.45, 2.75) is 27.4 Å². The van der Waals surface area contributed by atoms with Crippen LogP contribution >= 0.6 is 0 Å². The average molecular weight is 422 g/mol. The van der Waals surface area contributed by atoms with Crippen LogP contribution in [-0.2, 0) is 6.61 Å². The number of nitrogens with zero attached hydrogens (tertiary/aromatic N) is 4. The van der Waals surface area contributed by atoms with E-state index in [0.717, 1.165) is 27.9 Å². The highest BCUT2D eigenvalue weighted by Gasteiger charge is 2.28. The highest BCUT2D eigenvalue weighted by atomic mass is 19.1. The maximum absolute atomic E-state index is 13.2. The van der Waals surface area contributed by atoms with Gasteiger partial charge in [0.05, 0.1) is 23.3 Å². The third-order valence-corrected chi connectivity index (χ3v) is 5.15. The molecule has 8 nitrogen and oxygen atoms in total. The fourth-order valence-electron chi connectivity index (χ4n) is 3.38. The molecule has 31 heavy (non-hydrogen) atoms. The summed E-state index contributed by atoms with van der Waals surface area (Å²) in [5.41, 5.74) is 11.2. The molecule has 4 rings (SSSR count). The number of anilines is 1. The monoisotopic (exact) mass is 422 g/mol. The summed E-state index contributed by atoms with van der Waals surface area (Å²) in [4.78, 5) is 21.1. The van der Waals surface area contributed by atoms with Gasteiger partial charge in [-0.25, -0.2) is 24.2 Å². The lowest BCUT2D eigenvalue weighted by Crippen LogP contribution is -2.38. The van der Waals surface area contributed by atoms with E-state index in [9.17, 15) is 9.18 Å². The number of aryl methyl sites for hydroxylation is 3. The first-order valence-electron chi connectivity index (χ1n) is 9.75. The molecule has 2 aromatic heterocycles. The summed E-state index contributed by atoms with van der Waals surface area (Å²) in [6.45, 7) is 5.96. The van der Waals surface area contributed by atoms with Crippen molar-refractivity contribution < 1.29 is 13.9 Å². The van der Waals surface area contributed by atoms with E-state index < -0.39 is 0 Å². The van der Waals surface area contributed by atoms with Crippen LogP contribution < -0.4 is 20.8 Å². The van der Waals surface area contributed by atoms with Crippen LogP contribution in [0.4, 0.5) is 14.9 Å². The van der Waals surface area contributed by atoms with E-state index in [-0.39, 0.29) is 18.5 Å². The molecular weight excluding hydrogens is 399 g/mol. The molecular formula is C22H23FN6O2. The fraction of sp³-hybridized carbons (Fsp3) is 0.227. The summed E-state index contributed by atoms with van der Waals surface area (Å²) in [5.74, 6) is 0.112. The number of halogens is 1. The van der Waals surface area contributed by atoms with Gasteiger partial charge >= 0.3 is 6.03 Å². The van der Waals surface area contributed by atoms with E-state index in [4.69, 9.17) is 4.74 Å². The molecule has 2 amide bonds. The number of urea groups is 1. The van der Waals surface area contributed by atoms with Gasteiger partial charge in [0.15, 0.2) is 0 Å². The highest BCUT2D eigenvalue weighted by molar-refractivity contribution is 5.92. The normalized spacial score (nSPS) is 13.8. The smallest absolute Gasteiger partial charge is 0.355 e.